The number of nitrogens with zero attached hydrogens (tertiary/aromatic N) is 1. The molecule has 45 heavy (non-hydrogen) atoms. The number of rotatable bonds is 18. The van der Waals surface area contributed by atoms with Gasteiger partial charge in [-0.1, -0.05) is 88.6 Å². The summed E-state index contributed by atoms with van der Waals surface area (Å²) in [6, 6.07) is 11.9. The highest BCUT2D eigenvalue weighted by molar-refractivity contribution is 5.96. The molecule has 0 spiro atoms. The van der Waals surface area contributed by atoms with Crippen LogP contribution in [0.1, 0.15) is 98.5 Å². The molecule has 2 aromatic rings. The summed E-state index contributed by atoms with van der Waals surface area (Å²) in [7, 11) is 1.46. The SMILES string of the molecule is CCCCCCCCCCCC(=O)N(Cc1ccccc1)[C@@H]1C=C(C(=O)NCCO)[C@@H]2c3cc(C=O)cc(OC)c3O[C@@H]2[C@H]1O. The predicted octanol–water partition coefficient (Wildman–Crippen LogP) is 5.08. The number of nitrogens with one attached hydrogen (secondary N) is 1. The number of aliphatic hydroxyl groups is 2. The van der Waals surface area contributed by atoms with Crippen molar-refractivity contribution >= 4 is 18.1 Å². The quantitative estimate of drug-likeness (QED) is 0.157. The molecular formula is C36H48N2O7. The molecule has 0 bridgehead atoms. The molecule has 0 saturated heterocycles. The highest BCUT2D eigenvalue weighted by Crippen LogP contribution is 2.51. The standard InChI is InChI=1S/C36H48N2O7/c1-3-4-5-6-7-8-9-10-14-17-31(41)38(23-25-15-12-11-13-16-25)29-22-28(36(43)37-18-19-39)32-27-20-26(24-40)21-30(44-2)34(27)45-35(32)33(29)42/h11-13,15-16,20-22,24,29,32-33,35,39,42H,3-10,14,17-19,23H2,1-2H3,(H,37,43)/t29-,32+,33+,35+/m1/s1. The van der Waals surface area contributed by atoms with E-state index in [1.165, 1.54) is 39.2 Å². The number of benzene rings is 2. The Balaban J connectivity index is 1.60. The van der Waals surface area contributed by atoms with Crippen LogP contribution in [0.4, 0.5) is 0 Å². The van der Waals surface area contributed by atoms with Crippen LogP contribution in [-0.2, 0) is 16.1 Å². The third-order valence-electron chi connectivity index (χ3n) is 8.78. The molecule has 1 aliphatic carbocycles. The Bertz CT molecular complexity index is 1310. The van der Waals surface area contributed by atoms with E-state index in [0.29, 0.717) is 40.9 Å². The molecule has 0 aromatic heterocycles. The van der Waals surface area contributed by atoms with Crippen LogP contribution in [0.3, 0.4) is 0 Å². The molecule has 0 fully saturated rings. The van der Waals surface area contributed by atoms with Crippen LogP contribution in [0, 0.1) is 0 Å². The fraction of sp³-hybridized carbons (Fsp3) is 0.528. The van der Waals surface area contributed by atoms with Crippen molar-refractivity contribution in [2.45, 2.75) is 102 Å². The van der Waals surface area contributed by atoms with E-state index in [0.717, 1.165) is 31.2 Å². The summed E-state index contributed by atoms with van der Waals surface area (Å²) in [5.74, 6) is -0.564. The maximum atomic E-state index is 13.9. The number of hydrogen-bond donors (Lipinski definition) is 3. The number of aldehydes is 1. The molecule has 4 atom stereocenters. The van der Waals surface area contributed by atoms with Gasteiger partial charge in [0, 0.05) is 36.2 Å². The Morgan fingerprint density at radius 2 is 1.71 bits per heavy atom. The van der Waals surface area contributed by atoms with E-state index in [1.54, 1.807) is 23.1 Å². The first kappa shape index (κ1) is 34.2. The van der Waals surface area contributed by atoms with E-state index in [4.69, 9.17) is 9.47 Å². The monoisotopic (exact) mass is 620 g/mol. The van der Waals surface area contributed by atoms with Gasteiger partial charge in [0.15, 0.2) is 11.5 Å². The van der Waals surface area contributed by atoms with Gasteiger partial charge in [0.05, 0.1) is 25.7 Å². The normalized spacial score (nSPS) is 20.0. The molecule has 2 amide bonds. The second-order valence-electron chi connectivity index (χ2n) is 12.0. The average Bonchev–Trinajstić information content (AvgIpc) is 3.45. The van der Waals surface area contributed by atoms with E-state index in [1.807, 2.05) is 30.3 Å². The zero-order valence-corrected chi connectivity index (χ0v) is 26.6. The molecule has 0 radical (unpaired) electrons. The van der Waals surface area contributed by atoms with Gasteiger partial charge in [-0.25, -0.2) is 0 Å². The topological polar surface area (TPSA) is 125 Å². The first-order valence-corrected chi connectivity index (χ1v) is 16.4. The van der Waals surface area contributed by atoms with Crippen molar-refractivity contribution in [1.82, 2.24) is 10.2 Å². The Morgan fingerprint density at radius 3 is 2.36 bits per heavy atom. The van der Waals surface area contributed by atoms with Crippen molar-refractivity contribution in [2.75, 3.05) is 20.3 Å². The highest BCUT2D eigenvalue weighted by atomic mass is 16.5. The van der Waals surface area contributed by atoms with Gasteiger partial charge >= 0.3 is 0 Å². The van der Waals surface area contributed by atoms with Gasteiger partial charge < -0.3 is 29.9 Å². The van der Waals surface area contributed by atoms with Gasteiger partial charge in [0.25, 0.3) is 0 Å². The Morgan fingerprint density at radius 1 is 1.02 bits per heavy atom. The molecule has 0 unspecified atom stereocenters. The minimum Gasteiger partial charge on any atom is -0.493 e. The number of unbranched alkanes of at least 4 members (excludes halogenated alkanes) is 8. The molecule has 1 heterocycles. The number of carbonyl (C=O) groups excluding carboxylic acids is 3. The minimum absolute atomic E-state index is 0.0391. The van der Waals surface area contributed by atoms with Crippen LogP contribution >= 0.6 is 0 Å². The van der Waals surface area contributed by atoms with Crippen molar-refractivity contribution in [2.24, 2.45) is 0 Å². The summed E-state index contributed by atoms with van der Waals surface area (Å²) in [4.78, 5) is 40.8. The average molecular weight is 621 g/mol. The molecule has 0 saturated carbocycles. The lowest BCUT2D eigenvalue weighted by atomic mass is 9.77. The number of carbonyl (C=O) groups is 3. The summed E-state index contributed by atoms with van der Waals surface area (Å²) in [6.45, 7) is 2.26. The van der Waals surface area contributed by atoms with Crippen LogP contribution in [0.25, 0.3) is 0 Å². The summed E-state index contributed by atoms with van der Waals surface area (Å²) in [5.41, 5.74) is 2.12. The Kier molecular flexibility index (Phi) is 13.0. The van der Waals surface area contributed by atoms with Gasteiger partial charge in [-0.05, 0) is 30.2 Å². The predicted molar refractivity (Wildman–Crippen MR) is 172 cm³/mol. The summed E-state index contributed by atoms with van der Waals surface area (Å²) < 4.78 is 11.8. The first-order valence-electron chi connectivity index (χ1n) is 16.4. The van der Waals surface area contributed by atoms with Crippen LogP contribution in [0.2, 0.25) is 0 Å². The molecule has 4 rings (SSSR count). The van der Waals surface area contributed by atoms with E-state index in [-0.39, 0.29) is 25.6 Å². The molecular weight excluding hydrogens is 572 g/mol. The molecule has 9 nitrogen and oxygen atoms in total. The van der Waals surface area contributed by atoms with E-state index in [9.17, 15) is 24.6 Å². The van der Waals surface area contributed by atoms with Crippen LogP contribution in [0.15, 0.2) is 54.1 Å². The first-order chi connectivity index (χ1) is 21.9. The highest BCUT2D eigenvalue weighted by Gasteiger charge is 2.51. The fourth-order valence-electron chi connectivity index (χ4n) is 6.43. The van der Waals surface area contributed by atoms with Crippen molar-refractivity contribution in [3.8, 4) is 11.5 Å². The van der Waals surface area contributed by atoms with Gasteiger partial charge in [0.1, 0.15) is 18.5 Å². The van der Waals surface area contributed by atoms with Crippen LogP contribution in [-0.4, -0.2) is 71.7 Å². The number of methoxy groups -OCH3 is 1. The molecule has 244 valence electrons. The van der Waals surface area contributed by atoms with Crippen molar-refractivity contribution in [1.29, 1.82) is 0 Å². The van der Waals surface area contributed by atoms with Crippen molar-refractivity contribution in [3.63, 3.8) is 0 Å². The van der Waals surface area contributed by atoms with Crippen LogP contribution < -0.4 is 14.8 Å². The maximum Gasteiger partial charge on any atom is 0.247 e. The molecule has 2 aliphatic rings. The zero-order valence-electron chi connectivity index (χ0n) is 26.6. The van der Waals surface area contributed by atoms with E-state index in [2.05, 4.69) is 12.2 Å². The summed E-state index contributed by atoms with van der Waals surface area (Å²) >= 11 is 0. The lowest BCUT2D eigenvalue weighted by molar-refractivity contribution is -0.138. The van der Waals surface area contributed by atoms with Gasteiger partial charge in [-0.15, -0.1) is 0 Å². The number of aliphatic hydroxyl groups excluding tert-OH is 2. The van der Waals surface area contributed by atoms with Gasteiger partial charge in [-0.3, -0.25) is 14.4 Å². The fourth-order valence-corrected chi connectivity index (χ4v) is 6.43. The second kappa shape index (κ2) is 17.1. The van der Waals surface area contributed by atoms with E-state index >= 15 is 0 Å². The lowest BCUT2D eigenvalue weighted by Gasteiger charge is -2.41. The van der Waals surface area contributed by atoms with E-state index < -0.39 is 30.1 Å². The summed E-state index contributed by atoms with van der Waals surface area (Å²) in [5, 5.41) is 24.0. The Labute approximate surface area is 266 Å². The number of fused-ring (bicyclic) bond motifs is 3. The third kappa shape index (κ3) is 8.52. The van der Waals surface area contributed by atoms with Gasteiger partial charge in [-0.2, -0.15) is 0 Å². The van der Waals surface area contributed by atoms with Crippen molar-refractivity contribution in [3.05, 3.63) is 70.8 Å². The number of amides is 2. The smallest absolute Gasteiger partial charge is 0.247 e. The van der Waals surface area contributed by atoms with Crippen molar-refractivity contribution < 1.29 is 34.1 Å². The van der Waals surface area contributed by atoms with Gasteiger partial charge in [0.2, 0.25) is 11.8 Å². The zero-order chi connectivity index (χ0) is 32.2. The van der Waals surface area contributed by atoms with Crippen LogP contribution in [0.5, 0.6) is 11.5 Å². The lowest BCUT2D eigenvalue weighted by Crippen LogP contribution is -2.55. The largest absolute Gasteiger partial charge is 0.493 e. The third-order valence-corrected chi connectivity index (χ3v) is 8.78. The Hall–Kier alpha value is -3.69. The second-order valence-corrected chi connectivity index (χ2v) is 12.0. The summed E-state index contributed by atoms with van der Waals surface area (Å²) in [6.07, 6.45) is 10.8. The number of hydrogen-bond acceptors (Lipinski definition) is 7. The minimum atomic E-state index is -1.17. The maximum absolute atomic E-state index is 13.9. The number of ether oxygens (including phenoxy) is 2. The molecule has 2 aromatic carbocycles. The molecule has 1 aliphatic heterocycles. The molecule has 3 N–H and O–H groups in total. The molecule has 9 heteroatoms.